The van der Waals surface area contributed by atoms with E-state index >= 15 is 0 Å². The lowest BCUT2D eigenvalue weighted by Gasteiger charge is -2.35. The monoisotopic (exact) mass is 355 g/mol. The Morgan fingerprint density at radius 1 is 1.23 bits per heavy atom. The molecule has 6 nitrogen and oxygen atoms in total. The summed E-state index contributed by atoms with van der Waals surface area (Å²) in [4.78, 5) is 16.3. The number of halogens is 1. The van der Waals surface area contributed by atoms with Gasteiger partial charge in [-0.3, -0.25) is 4.90 Å². The third-order valence-corrected chi connectivity index (χ3v) is 4.98. The molecule has 0 spiro atoms. The summed E-state index contributed by atoms with van der Waals surface area (Å²) in [5.74, 6) is 1.38. The van der Waals surface area contributed by atoms with Crippen molar-refractivity contribution in [3.05, 3.63) is 48.3 Å². The minimum atomic E-state index is -0.189. The van der Waals surface area contributed by atoms with Crippen LogP contribution in [0.3, 0.4) is 0 Å². The van der Waals surface area contributed by atoms with Crippen LogP contribution in [0.1, 0.15) is 5.56 Å². The van der Waals surface area contributed by atoms with Crippen LogP contribution in [-0.4, -0.2) is 59.7 Å². The molecule has 1 saturated heterocycles. The number of hydrogen-bond donors (Lipinski definition) is 1. The van der Waals surface area contributed by atoms with Gasteiger partial charge in [0.2, 0.25) is 0 Å². The maximum absolute atomic E-state index is 13.5. The molecular weight excluding hydrogens is 333 g/mol. The second kappa shape index (κ2) is 7.29. The smallest absolute Gasteiger partial charge is 0.179 e. The average Bonchev–Trinajstić information content (AvgIpc) is 3.09. The first kappa shape index (κ1) is 16.8. The number of anilines is 1. The molecule has 4 rings (SSSR count). The van der Waals surface area contributed by atoms with E-state index < -0.39 is 0 Å². The molecule has 1 aromatic carbocycles. The number of benzene rings is 1. The lowest BCUT2D eigenvalue weighted by molar-refractivity contribution is 0.259. The zero-order valence-corrected chi connectivity index (χ0v) is 14.8. The second-order valence-corrected chi connectivity index (χ2v) is 6.50. The minimum Gasteiger partial charge on any atom is -0.491 e. The molecule has 1 fully saturated rings. The van der Waals surface area contributed by atoms with Crippen LogP contribution in [0.2, 0.25) is 0 Å². The number of nitrogens with zero attached hydrogens (tertiary/aromatic N) is 4. The number of fused-ring (bicyclic) bond motifs is 1. The molecule has 1 aliphatic rings. The van der Waals surface area contributed by atoms with Gasteiger partial charge in [-0.2, -0.15) is 0 Å². The molecule has 26 heavy (non-hydrogen) atoms. The van der Waals surface area contributed by atoms with Crippen molar-refractivity contribution in [1.29, 1.82) is 0 Å². The predicted molar refractivity (Wildman–Crippen MR) is 99.2 cm³/mol. The highest BCUT2D eigenvalue weighted by atomic mass is 19.1. The summed E-state index contributed by atoms with van der Waals surface area (Å²) in [6, 6.07) is 4.89. The van der Waals surface area contributed by atoms with Gasteiger partial charge in [-0.1, -0.05) is 0 Å². The van der Waals surface area contributed by atoms with Crippen LogP contribution >= 0.6 is 0 Å². The Morgan fingerprint density at radius 2 is 2.08 bits per heavy atom. The molecular formula is C19H22FN5O. The number of aromatic nitrogens is 3. The fraction of sp³-hybridized carbons (Fsp3) is 0.368. The maximum Gasteiger partial charge on any atom is 0.179 e. The van der Waals surface area contributed by atoms with E-state index in [2.05, 4.69) is 24.8 Å². The van der Waals surface area contributed by atoms with E-state index in [1.54, 1.807) is 31.8 Å². The molecule has 0 unspecified atom stereocenters. The fourth-order valence-corrected chi connectivity index (χ4v) is 3.51. The third kappa shape index (κ3) is 3.35. The number of H-pyrrole nitrogens is 1. The number of piperazine rings is 1. The highest BCUT2D eigenvalue weighted by Gasteiger charge is 2.20. The highest BCUT2D eigenvalue weighted by Crippen LogP contribution is 2.25. The van der Waals surface area contributed by atoms with Gasteiger partial charge in [-0.15, -0.1) is 0 Å². The molecule has 1 aliphatic heterocycles. The summed E-state index contributed by atoms with van der Waals surface area (Å²) in [5.41, 5.74) is 2.15. The van der Waals surface area contributed by atoms with E-state index in [0.29, 0.717) is 5.75 Å². The van der Waals surface area contributed by atoms with Crippen LogP contribution in [-0.2, 0) is 6.42 Å². The Bertz CT molecular complexity index is 889. The summed E-state index contributed by atoms with van der Waals surface area (Å²) in [6.07, 6.45) is 6.15. The maximum atomic E-state index is 13.5. The molecule has 1 N–H and O–H groups in total. The van der Waals surface area contributed by atoms with Gasteiger partial charge in [-0.05, 0) is 30.2 Å². The third-order valence-electron chi connectivity index (χ3n) is 4.98. The number of hydrogen-bond acceptors (Lipinski definition) is 5. The van der Waals surface area contributed by atoms with Crippen LogP contribution in [0.4, 0.5) is 10.2 Å². The van der Waals surface area contributed by atoms with Gasteiger partial charge < -0.3 is 14.6 Å². The molecule has 0 saturated carbocycles. The molecule has 3 heterocycles. The van der Waals surface area contributed by atoms with Gasteiger partial charge in [0, 0.05) is 49.8 Å². The van der Waals surface area contributed by atoms with Crippen molar-refractivity contribution in [2.75, 3.05) is 44.7 Å². The lowest BCUT2D eigenvalue weighted by Crippen LogP contribution is -2.47. The van der Waals surface area contributed by atoms with E-state index in [0.717, 1.165) is 55.9 Å². The standard InChI is InChI=1S/C19H22FN5O/c1-26-18-12-21-13-23-19(18)25-8-6-24(7-9-25)5-4-14-11-22-17-3-2-15(20)10-16(14)17/h2-3,10-13,22H,4-9H2,1H3. The molecule has 0 bridgehead atoms. The van der Waals surface area contributed by atoms with Crippen molar-refractivity contribution in [2.45, 2.75) is 6.42 Å². The molecule has 136 valence electrons. The summed E-state index contributed by atoms with van der Waals surface area (Å²) >= 11 is 0. The largest absolute Gasteiger partial charge is 0.491 e. The van der Waals surface area contributed by atoms with Crippen LogP contribution in [0, 0.1) is 5.82 Å². The number of ether oxygens (including phenoxy) is 1. The molecule has 3 aromatic rings. The van der Waals surface area contributed by atoms with Crippen LogP contribution in [0.25, 0.3) is 10.9 Å². The number of methoxy groups -OCH3 is 1. The predicted octanol–water partition coefficient (Wildman–Crippen LogP) is 2.47. The first-order valence-corrected chi connectivity index (χ1v) is 8.81. The number of nitrogens with one attached hydrogen (secondary N) is 1. The topological polar surface area (TPSA) is 57.3 Å². The Balaban J connectivity index is 1.36. The van der Waals surface area contributed by atoms with Crippen molar-refractivity contribution >= 4 is 16.7 Å². The molecule has 7 heteroatoms. The zero-order chi connectivity index (χ0) is 17.9. The zero-order valence-electron chi connectivity index (χ0n) is 14.8. The Labute approximate surface area is 151 Å². The summed E-state index contributed by atoms with van der Waals surface area (Å²) in [5, 5.41) is 0.981. The van der Waals surface area contributed by atoms with Gasteiger partial charge in [0.1, 0.15) is 12.1 Å². The summed E-state index contributed by atoms with van der Waals surface area (Å²) < 4.78 is 18.9. The normalized spacial score (nSPS) is 15.5. The van der Waals surface area contributed by atoms with Crippen molar-refractivity contribution in [3.8, 4) is 5.75 Å². The molecule has 0 amide bonds. The lowest BCUT2D eigenvalue weighted by atomic mass is 10.1. The second-order valence-electron chi connectivity index (χ2n) is 6.50. The van der Waals surface area contributed by atoms with Crippen LogP contribution in [0.15, 0.2) is 36.9 Å². The van der Waals surface area contributed by atoms with Crippen LogP contribution in [0.5, 0.6) is 5.75 Å². The minimum absolute atomic E-state index is 0.189. The average molecular weight is 355 g/mol. The van der Waals surface area contributed by atoms with Crippen molar-refractivity contribution in [2.24, 2.45) is 0 Å². The quantitative estimate of drug-likeness (QED) is 0.762. The van der Waals surface area contributed by atoms with Crippen LogP contribution < -0.4 is 9.64 Å². The SMILES string of the molecule is COc1cncnc1N1CCN(CCc2c[nH]c3ccc(F)cc23)CC1. The molecule has 0 aliphatic carbocycles. The van der Waals surface area contributed by atoms with E-state index in [-0.39, 0.29) is 5.82 Å². The molecule has 2 aromatic heterocycles. The van der Waals surface area contributed by atoms with E-state index in [1.807, 2.05) is 6.20 Å². The fourth-order valence-electron chi connectivity index (χ4n) is 3.51. The summed E-state index contributed by atoms with van der Waals surface area (Å²) in [6.45, 7) is 4.68. The first-order chi connectivity index (χ1) is 12.7. The Morgan fingerprint density at radius 3 is 2.88 bits per heavy atom. The van der Waals surface area contributed by atoms with Crippen molar-refractivity contribution in [3.63, 3.8) is 0 Å². The molecule has 0 radical (unpaired) electrons. The Hall–Kier alpha value is -2.67. The van der Waals surface area contributed by atoms with Gasteiger partial charge >= 0.3 is 0 Å². The highest BCUT2D eigenvalue weighted by molar-refractivity contribution is 5.83. The number of aromatic amines is 1. The van der Waals surface area contributed by atoms with E-state index in [1.165, 1.54) is 11.6 Å². The molecule has 0 atom stereocenters. The first-order valence-electron chi connectivity index (χ1n) is 8.81. The number of rotatable bonds is 5. The van der Waals surface area contributed by atoms with Gasteiger partial charge in [0.05, 0.1) is 13.3 Å². The van der Waals surface area contributed by atoms with Crippen molar-refractivity contribution < 1.29 is 9.13 Å². The van der Waals surface area contributed by atoms with Gasteiger partial charge in [0.15, 0.2) is 11.6 Å². The van der Waals surface area contributed by atoms with Gasteiger partial charge in [0.25, 0.3) is 0 Å². The van der Waals surface area contributed by atoms with Gasteiger partial charge in [-0.25, -0.2) is 14.4 Å². The Kier molecular flexibility index (Phi) is 4.71. The van der Waals surface area contributed by atoms with Crippen molar-refractivity contribution in [1.82, 2.24) is 19.9 Å². The van der Waals surface area contributed by atoms with E-state index in [9.17, 15) is 4.39 Å². The summed E-state index contributed by atoms with van der Waals surface area (Å²) in [7, 11) is 1.64. The van der Waals surface area contributed by atoms with E-state index in [4.69, 9.17) is 4.74 Å².